The molecule has 0 spiro atoms. The lowest BCUT2D eigenvalue weighted by molar-refractivity contribution is -0.0351. The SMILES string of the molecule is CS(=O)(=O)c1ccc(CN2CCOC(c3cnccn3)C2)cc1. The van der Waals surface area contributed by atoms with E-state index in [1.54, 1.807) is 30.7 Å². The zero-order valence-electron chi connectivity index (χ0n) is 12.9. The minimum atomic E-state index is -3.15. The van der Waals surface area contributed by atoms with Gasteiger partial charge in [-0.15, -0.1) is 0 Å². The smallest absolute Gasteiger partial charge is 0.175 e. The number of hydrogen-bond acceptors (Lipinski definition) is 6. The number of nitrogens with zero attached hydrogens (tertiary/aromatic N) is 3. The van der Waals surface area contributed by atoms with Gasteiger partial charge in [-0.3, -0.25) is 14.9 Å². The highest BCUT2D eigenvalue weighted by Gasteiger charge is 2.23. The molecule has 122 valence electrons. The highest BCUT2D eigenvalue weighted by molar-refractivity contribution is 7.90. The molecule has 0 saturated carbocycles. The number of hydrogen-bond donors (Lipinski definition) is 0. The van der Waals surface area contributed by atoms with Crippen LogP contribution in [0.15, 0.2) is 47.8 Å². The number of sulfone groups is 1. The lowest BCUT2D eigenvalue weighted by atomic mass is 10.1. The Morgan fingerprint density at radius 2 is 2.04 bits per heavy atom. The molecule has 0 amide bonds. The maximum atomic E-state index is 11.5. The summed E-state index contributed by atoms with van der Waals surface area (Å²) in [6.45, 7) is 2.98. The minimum absolute atomic E-state index is 0.0762. The van der Waals surface area contributed by atoms with E-state index < -0.39 is 9.84 Å². The molecule has 1 fully saturated rings. The van der Waals surface area contributed by atoms with Crippen LogP contribution >= 0.6 is 0 Å². The molecule has 0 radical (unpaired) electrons. The van der Waals surface area contributed by atoms with Crippen LogP contribution in [0.25, 0.3) is 0 Å². The molecular formula is C16H19N3O3S. The van der Waals surface area contributed by atoms with Crippen molar-refractivity contribution in [3.63, 3.8) is 0 Å². The van der Waals surface area contributed by atoms with Crippen molar-refractivity contribution in [2.75, 3.05) is 26.0 Å². The van der Waals surface area contributed by atoms with Crippen LogP contribution in [0.2, 0.25) is 0 Å². The van der Waals surface area contributed by atoms with E-state index in [-0.39, 0.29) is 6.10 Å². The second-order valence-corrected chi connectivity index (χ2v) is 7.66. The van der Waals surface area contributed by atoms with Crippen LogP contribution in [-0.2, 0) is 21.1 Å². The van der Waals surface area contributed by atoms with Crippen molar-refractivity contribution in [2.45, 2.75) is 17.5 Å². The molecule has 2 aromatic rings. The summed E-state index contributed by atoms with van der Waals surface area (Å²) in [6, 6.07) is 7.04. The van der Waals surface area contributed by atoms with Gasteiger partial charge in [0.05, 0.1) is 23.4 Å². The zero-order valence-corrected chi connectivity index (χ0v) is 13.7. The lowest BCUT2D eigenvalue weighted by Crippen LogP contribution is -2.38. The Morgan fingerprint density at radius 1 is 1.26 bits per heavy atom. The molecule has 23 heavy (non-hydrogen) atoms. The van der Waals surface area contributed by atoms with Crippen molar-refractivity contribution in [1.29, 1.82) is 0 Å². The third-order valence-electron chi connectivity index (χ3n) is 3.82. The third-order valence-corrected chi connectivity index (χ3v) is 4.95. The van der Waals surface area contributed by atoms with Gasteiger partial charge in [0.2, 0.25) is 0 Å². The molecule has 1 unspecified atom stereocenters. The van der Waals surface area contributed by atoms with Gasteiger partial charge in [-0.25, -0.2) is 8.42 Å². The summed E-state index contributed by atoms with van der Waals surface area (Å²) < 4.78 is 28.8. The molecule has 1 saturated heterocycles. The molecule has 0 N–H and O–H groups in total. The summed E-state index contributed by atoms with van der Waals surface area (Å²) in [6.07, 6.45) is 6.19. The zero-order chi connectivity index (χ0) is 16.3. The lowest BCUT2D eigenvalue weighted by Gasteiger charge is -2.32. The summed E-state index contributed by atoms with van der Waals surface area (Å²) in [7, 11) is -3.15. The van der Waals surface area contributed by atoms with E-state index in [2.05, 4.69) is 14.9 Å². The normalized spacial score (nSPS) is 19.6. The first kappa shape index (κ1) is 16.0. The van der Waals surface area contributed by atoms with E-state index in [1.807, 2.05) is 12.1 Å². The highest BCUT2D eigenvalue weighted by atomic mass is 32.2. The van der Waals surface area contributed by atoms with Crippen molar-refractivity contribution in [3.8, 4) is 0 Å². The fourth-order valence-corrected chi connectivity index (χ4v) is 3.23. The monoisotopic (exact) mass is 333 g/mol. The molecule has 2 heterocycles. The quantitative estimate of drug-likeness (QED) is 0.843. The predicted octanol–water partition coefficient (Wildman–Crippen LogP) is 1.45. The van der Waals surface area contributed by atoms with Crippen molar-refractivity contribution in [2.24, 2.45) is 0 Å². The van der Waals surface area contributed by atoms with Crippen molar-refractivity contribution in [3.05, 3.63) is 54.1 Å². The first-order chi connectivity index (χ1) is 11.0. The molecule has 6 nitrogen and oxygen atoms in total. The molecule has 7 heteroatoms. The van der Waals surface area contributed by atoms with Crippen molar-refractivity contribution >= 4 is 9.84 Å². The standard InChI is InChI=1S/C16H19N3O3S/c1-23(20,21)14-4-2-13(3-5-14)11-19-8-9-22-16(12-19)15-10-17-6-7-18-15/h2-7,10,16H,8-9,11-12H2,1H3. The molecule has 3 rings (SSSR count). The fraction of sp³-hybridized carbons (Fsp3) is 0.375. The summed E-state index contributed by atoms with van der Waals surface area (Å²) in [5.74, 6) is 0. The molecule has 0 bridgehead atoms. The van der Waals surface area contributed by atoms with Gasteiger partial charge in [-0.1, -0.05) is 12.1 Å². The van der Waals surface area contributed by atoms with E-state index in [9.17, 15) is 8.42 Å². The highest BCUT2D eigenvalue weighted by Crippen LogP contribution is 2.21. The Kier molecular flexibility index (Phi) is 4.70. The largest absolute Gasteiger partial charge is 0.369 e. The van der Waals surface area contributed by atoms with Crippen LogP contribution in [0.4, 0.5) is 0 Å². The maximum Gasteiger partial charge on any atom is 0.175 e. The molecule has 1 aromatic heterocycles. The maximum absolute atomic E-state index is 11.5. The summed E-state index contributed by atoms with van der Waals surface area (Å²) in [4.78, 5) is 11.0. The van der Waals surface area contributed by atoms with Crippen LogP contribution < -0.4 is 0 Å². The Labute approximate surface area is 136 Å². The second-order valence-electron chi connectivity index (χ2n) is 5.64. The number of morpholine rings is 1. The van der Waals surface area contributed by atoms with Crippen molar-refractivity contribution < 1.29 is 13.2 Å². The van der Waals surface area contributed by atoms with Crippen LogP contribution in [-0.4, -0.2) is 49.2 Å². The van der Waals surface area contributed by atoms with Gasteiger partial charge in [0, 0.05) is 38.3 Å². The molecule has 1 aliphatic rings. The van der Waals surface area contributed by atoms with Crippen molar-refractivity contribution in [1.82, 2.24) is 14.9 Å². The minimum Gasteiger partial charge on any atom is -0.369 e. The summed E-state index contributed by atoms with van der Waals surface area (Å²) in [5, 5.41) is 0. The third kappa shape index (κ3) is 4.13. The van der Waals surface area contributed by atoms with Crippen LogP contribution in [0.5, 0.6) is 0 Å². The van der Waals surface area contributed by atoms with Gasteiger partial charge < -0.3 is 4.74 Å². The van der Waals surface area contributed by atoms with Crippen LogP contribution in [0.3, 0.4) is 0 Å². The van der Waals surface area contributed by atoms with E-state index in [4.69, 9.17) is 4.74 Å². The first-order valence-corrected chi connectivity index (χ1v) is 9.30. The molecule has 1 aromatic carbocycles. The molecule has 0 aliphatic carbocycles. The van der Waals surface area contributed by atoms with Crippen LogP contribution in [0, 0.1) is 0 Å². The topological polar surface area (TPSA) is 72.4 Å². The van der Waals surface area contributed by atoms with Gasteiger partial charge in [0.15, 0.2) is 9.84 Å². The first-order valence-electron chi connectivity index (χ1n) is 7.41. The van der Waals surface area contributed by atoms with Gasteiger partial charge in [0.25, 0.3) is 0 Å². The summed E-state index contributed by atoms with van der Waals surface area (Å²) in [5.41, 5.74) is 1.92. The average molecular weight is 333 g/mol. The Hall–Kier alpha value is -1.83. The second kappa shape index (κ2) is 6.74. The number of aromatic nitrogens is 2. The Balaban J connectivity index is 1.66. The summed E-state index contributed by atoms with van der Waals surface area (Å²) >= 11 is 0. The molecular weight excluding hydrogens is 314 g/mol. The van der Waals surface area contributed by atoms with E-state index in [0.29, 0.717) is 11.5 Å². The number of benzene rings is 1. The van der Waals surface area contributed by atoms with Gasteiger partial charge >= 0.3 is 0 Å². The Morgan fingerprint density at radius 3 is 2.70 bits per heavy atom. The number of ether oxygens (including phenoxy) is 1. The van der Waals surface area contributed by atoms with Gasteiger partial charge in [-0.05, 0) is 17.7 Å². The van der Waals surface area contributed by atoms with E-state index in [0.717, 1.165) is 30.9 Å². The molecule has 1 aliphatic heterocycles. The fourth-order valence-electron chi connectivity index (χ4n) is 2.60. The van der Waals surface area contributed by atoms with E-state index >= 15 is 0 Å². The Bertz CT molecular complexity index is 748. The van der Waals surface area contributed by atoms with Crippen LogP contribution in [0.1, 0.15) is 17.4 Å². The van der Waals surface area contributed by atoms with Gasteiger partial charge in [-0.2, -0.15) is 0 Å². The number of rotatable bonds is 4. The van der Waals surface area contributed by atoms with E-state index in [1.165, 1.54) is 6.26 Å². The van der Waals surface area contributed by atoms with Gasteiger partial charge in [0.1, 0.15) is 6.10 Å². The predicted molar refractivity (Wildman–Crippen MR) is 85.6 cm³/mol. The molecule has 1 atom stereocenters. The average Bonchev–Trinajstić information content (AvgIpc) is 2.56.